The number of methoxy groups -OCH3 is 1. The molecule has 0 saturated heterocycles. The van der Waals surface area contributed by atoms with Crippen LogP contribution in [0.2, 0.25) is 0 Å². The van der Waals surface area contributed by atoms with Crippen molar-refractivity contribution < 1.29 is 9.84 Å². The third kappa shape index (κ3) is 2.39. The maximum absolute atomic E-state index is 10.4. The van der Waals surface area contributed by atoms with Gasteiger partial charge in [-0.2, -0.15) is 0 Å². The van der Waals surface area contributed by atoms with Gasteiger partial charge in [0.25, 0.3) is 0 Å². The third-order valence-corrected chi connectivity index (χ3v) is 3.19. The Hall–Kier alpha value is -1.80. The number of ether oxygens (including phenoxy) is 1. The number of aliphatic hydroxyl groups excluding tert-OH is 1. The van der Waals surface area contributed by atoms with Crippen molar-refractivity contribution in [2.75, 3.05) is 7.11 Å². The average Bonchev–Trinajstić information content (AvgIpc) is 2.41. The minimum Gasteiger partial charge on any atom is -0.496 e. The molecular weight excluding hydrogens is 224 g/mol. The first-order valence-electron chi connectivity index (χ1n) is 6.01. The Bertz CT molecular complexity index is 532. The lowest BCUT2D eigenvalue weighted by Gasteiger charge is -2.16. The summed E-state index contributed by atoms with van der Waals surface area (Å²) in [7, 11) is 1.66. The van der Waals surface area contributed by atoms with Crippen molar-refractivity contribution in [3.05, 3.63) is 64.7 Å². The van der Waals surface area contributed by atoms with Gasteiger partial charge in [0.2, 0.25) is 0 Å². The lowest BCUT2D eigenvalue weighted by atomic mass is 9.95. The molecule has 2 rings (SSSR count). The van der Waals surface area contributed by atoms with Crippen LogP contribution in [0, 0.1) is 13.8 Å². The quantitative estimate of drug-likeness (QED) is 0.894. The van der Waals surface area contributed by atoms with Gasteiger partial charge in [-0.3, -0.25) is 0 Å². The van der Waals surface area contributed by atoms with Gasteiger partial charge in [0, 0.05) is 0 Å². The van der Waals surface area contributed by atoms with Crippen LogP contribution >= 0.6 is 0 Å². The molecule has 0 heterocycles. The molecule has 0 saturated carbocycles. The van der Waals surface area contributed by atoms with Crippen molar-refractivity contribution in [3.63, 3.8) is 0 Å². The van der Waals surface area contributed by atoms with Crippen LogP contribution in [-0.2, 0) is 0 Å². The Balaban J connectivity index is 2.43. The van der Waals surface area contributed by atoms with Gasteiger partial charge in [0.15, 0.2) is 0 Å². The summed E-state index contributed by atoms with van der Waals surface area (Å²) in [6.45, 7) is 3.98. The van der Waals surface area contributed by atoms with E-state index in [1.807, 2.05) is 56.3 Å². The van der Waals surface area contributed by atoms with E-state index in [9.17, 15) is 5.11 Å². The largest absolute Gasteiger partial charge is 0.496 e. The van der Waals surface area contributed by atoms with Gasteiger partial charge in [-0.15, -0.1) is 0 Å². The molecule has 1 unspecified atom stereocenters. The summed E-state index contributed by atoms with van der Waals surface area (Å²) < 4.78 is 5.28. The molecule has 0 amide bonds. The first kappa shape index (κ1) is 12.7. The molecule has 0 aromatic heterocycles. The van der Waals surface area contributed by atoms with E-state index in [0.29, 0.717) is 0 Å². The third-order valence-electron chi connectivity index (χ3n) is 3.19. The molecule has 0 aliphatic rings. The Morgan fingerprint density at radius 1 is 1.00 bits per heavy atom. The molecule has 2 aromatic carbocycles. The van der Waals surface area contributed by atoms with Crippen LogP contribution in [0.25, 0.3) is 0 Å². The summed E-state index contributed by atoms with van der Waals surface area (Å²) in [4.78, 5) is 0. The highest BCUT2D eigenvalue weighted by molar-refractivity contribution is 5.44. The maximum atomic E-state index is 10.4. The summed E-state index contributed by atoms with van der Waals surface area (Å²) >= 11 is 0. The number of hydrogen-bond donors (Lipinski definition) is 1. The number of benzene rings is 2. The number of rotatable bonds is 3. The van der Waals surface area contributed by atoms with Crippen LogP contribution in [0.1, 0.15) is 28.4 Å². The van der Waals surface area contributed by atoms with Crippen molar-refractivity contribution in [1.29, 1.82) is 0 Å². The number of hydrogen-bond acceptors (Lipinski definition) is 2. The SMILES string of the molecule is COc1cc(C)c(C(O)c2ccccc2)cc1C. The first-order valence-corrected chi connectivity index (χ1v) is 6.01. The van der Waals surface area contributed by atoms with E-state index < -0.39 is 6.10 Å². The lowest BCUT2D eigenvalue weighted by molar-refractivity contribution is 0.219. The average molecular weight is 242 g/mol. The smallest absolute Gasteiger partial charge is 0.122 e. The summed E-state index contributed by atoms with van der Waals surface area (Å²) in [6, 6.07) is 13.6. The highest BCUT2D eigenvalue weighted by atomic mass is 16.5. The zero-order valence-electron chi connectivity index (χ0n) is 11.0. The van der Waals surface area contributed by atoms with Gasteiger partial charge < -0.3 is 9.84 Å². The molecule has 1 N–H and O–H groups in total. The Kier molecular flexibility index (Phi) is 3.68. The molecule has 0 aliphatic carbocycles. The second-order valence-corrected chi connectivity index (χ2v) is 4.49. The first-order chi connectivity index (χ1) is 8.63. The van der Waals surface area contributed by atoms with E-state index in [1.165, 1.54) is 0 Å². The van der Waals surface area contributed by atoms with E-state index in [2.05, 4.69) is 0 Å². The second kappa shape index (κ2) is 5.23. The fourth-order valence-electron chi connectivity index (χ4n) is 2.14. The van der Waals surface area contributed by atoms with E-state index in [-0.39, 0.29) is 0 Å². The van der Waals surface area contributed by atoms with Crippen molar-refractivity contribution in [2.24, 2.45) is 0 Å². The maximum Gasteiger partial charge on any atom is 0.122 e. The molecule has 0 radical (unpaired) electrons. The second-order valence-electron chi connectivity index (χ2n) is 4.49. The highest BCUT2D eigenvalue weighted by Gasteiger charge is 2.14. The molecule has 18 heavy (non-hydrogen) atoms. The van der Waals surface area contributed by atoms with Gasteiger partial charge in [-0.25, -0.2) is 0 Å². The van der Waals surface area contributed by atoms with Crippen LogP contribution in [-0.4, -0.2) is 12.2 Å². The van der Waals surface area contributed by atoms with Crippen LogP contribution < -0.4 is 4.74 Å². The Morgan fingerprint density at radius 2 is 1.67 bits per heavy atom. The standard InChI is InChI=1S/C16H18O2/c1-11-10-15(18-3)12(2)9-14(11)16(17)13-7-5-4-6-8-13/h4-10,16-17H,1-3H3. The fraction of sp³-hybridized carbons (Fsp3) is 0.250. The normalized spacial score (nSPS) is 12.2. The summed E-state index contributed by atoms with van der Waals surface area (Å²) in [5.74, 6) is 0.858. The van der Waals surface area contributed by atoms with Crippen LogP contribution in [0.5, 0.6) is 5.75 Å². The fourth-order valence-corrected chi connectivity index (χ4v) is 2.14. The van der Waals surface area contributed by atoms with Crippen molar-refractivity contribution in [2.45, 2.75) is 20.0 Å². The van der Waals surface area contributed by atoms with Crippen molar-refractivity contribution in [1.82, 2.24) is 0 Å². The molecule has 2 nitrogen and oxygen atoms in total. The van der Waals surface area contributed by atoms with E-state index in [1.54, 1.807) is 7.11 Å². The molecule has 0 fully saturated rings. The van der Waals surface area contributed by atoms with Gasteiger partial charge in [0.1, 0.15) is 11.9 Å². The Morgan fingerprint density at radius 3 is 2.28 bits per heavy atom. The van der Waals surface area contributed by atoms with Crippen LogP contribution in [0.4, 0.5) is 0 Å². The summed E-state index contributed by atoms with van der Waals surface area (Å²) in [5, 5.41) is 10.4. The molecule has 94 valence electrons. The van der Waals surface area contributed by atoms with Gasteiger partial charge in [-0.05, 0) is 48.2 Å². The molecule has 1 atom stereocenters. The molecule has 2 heteroatoms. The summed E-state index contributed by atoms with van der Waals surface area (Å²) in [6.07, 6.45) is -0.587. The minimum atomic E-state index is -0.587. The van der Waals surface area contributed by atoms with Crippen LogP contribution in [0.3, 0.4) is 0 Å². The van der Waals surface area contributed by atoms with Crippen LogP contribution in [0.15, 0.2) is 42.5 Å². The number of aryl methyl sites for hydroxylation is 2. The molecule has 2 aromatic rings. The lowest BCUT2D eigenvalue weighted by Crippen LogP contribution is -2.03. The monoisotopic (exact) mass is 242 g/mol. The molecule has 0 bridgehead atoms. The summed E-state index contributed by atoms with van der Waals surface area (Å²) in [5.41, 5.74) is 3.91. The van der Waals surface area contributed by atoms with Crippen molar-refractivity contribution >= 4 is 0 Å². The van der Waals surface area contributed by atoms with E-state index in [4.69, 9.17) is 4.74 Å². The minimum absolute atomic E-state index is 0.587. The van der Waals surface area contributed by atoms with E-state index >= 15 is 0 Å². The zero-order chi connectivity index (χ0) is 13.1. The topological polar surface area (TPSA) is 29.5 Å². The predicted molar refractivity (Wildman–Crippen MR) is 73.0 cm³/mol. The predicted octanol–water partition coefficient (Wildman–Crippen LogP) is 3.39. The zero-order valence-corrected chi connectivity index (χ0v) is 11.0. The van der Waals surface area contributed by atoms with E-state index in [0.717, 1.165) is 28.0 Å². The van der Waals surface area contributed by atoms with Gasteiger partial charge >= 0.3 is 0 Å². The number of aliphatic hydroxyl groups is 1. The Labute approximate surface area is 108 Å². The van der Waals surface area contributed by atoms with Crippen molar-refractivity contribution in [3.8, 4) is 5.75 Å². The molecule has 0 spiro atoms. The van der Waals surface area contributed by atoms with Gasteiger partial charge in [0.05, 0.1) is 7.11 Å². The van der Waals surface area contributed by atoms with Gasteiger partial charge in [-0.1, -0.05) is 30.3 Å². The molecular formula is C16H18O2. The molecule has 0 aliphatic heterocycles. The highest BCUT2D eigenvalue weighted by Crippen LogP contribution is 2.29.